The zero-order valence-electron chi connectivity index (χ0n) is 7.14. The summed E-state index contributed by atoms with van der Waals surface area (Å²) >= 11 is 0. The van der Waals surface area contributed by atoms with Crippen LogP contribution >= 0.6 is 0 Å². The first-order valence-corrected chi connectivity index (χ1v) is 4.27. The van der Waals surface area contributed by atoms with Crippen LogP contribution < -0.4 is 0 Å². The second kappa shape index (κ2) is 4.12. The fourth-order valence-electron chi connectivity index (χ4n) is 1.19. The van der Waals surface area contributed by atoms with Crippen molar-refractivity contribution >= 4 is 6.21 Å². The van der Waals surface area contributed by atoms with E-state index in [9.17, 15) is 0 Å². The van der Waals surface area contributed by atoms with Gasteiger partial charge < -0.3 is 0 Å². The van der Waals surface area contributed by atoms with Gasteiger partial charge in [0.25, 0.3) is 0 Å². The average Bonchev–Trinajstić information content (AvgIpc) is 2.37. The standard InChI is InChI=1S/C10H15N/c1-3-4-5-6-10-7-8-11-9(10)2/h7-8H,2-6H2,1H3. The van der Waals surface area contributed by atoms with Crippen molar-refractivity contribution in [3.05, 3.63) is 23.9 Å². The third-order valence-corrected chi connectivity index (χ3v) is 1.93. The first-order chi connectivity index (χ1) is 5.34. The molecule has 0 bridgehead atoms. The third kappa shape index (κ3) is 2.34. The van der Waals surface area contributed by atoms with Gasteiger partial charge in [0.05, 0.1) is 5.70 Å². The molecule has 0 N–H and O–H groups in total. The summed E-state index contributed by atoms with van der Waals surface area (Å²) in [6, 6.07) is 0. The molecule has 0 unspecified atom stereocenters. The smallest absolute Gasteiger partial charge is 0.0590 e. The third-order valence-electron chi connectivity index (χ3n) is 1.93. The fourth-order valence-corrected chi connectivity index (χ4v) is 1.19. The predicted molar refractivity (Wildman–Crippen MR) is 49.9 cm³/mol. The zero-order valence-corrected chi connectivity index (χ0v) is 7.14. The van der Waals surface area contributed by atoms with Gasteiger partial charge in [-0.1, -0.05) is 26.3 Å². The Labute approximate surface area is 68.5 Å². The first-order valence-electron chi connectivity index (χ1n) is 4.27. The molecule has 1 rings (SSSR count). The second-order valence-electron chi connectivity index (χ2n) is 2.87. The SMILES string of the molecule is C=C1N=CC=C1CCCCC. The van der Waals surface area contributed by atoms with E-state index in [1.807, 2.05) is 6.21 Å². The Bertz CT molecular complexity index is 199. The molecule has 0 amide bonds. The zero-order chi connectivity index (χ0) is 8.10. The Morgan fingerprint density at radius 1 is 1.45 bits per heavy atom. The number of unbranched alkanes of at least 4 members (excludes halogenated alkanes) is 2. The molecule has 0 aromatic heterocycles. The van der Waals surface area contributed by atoms with Crippen molar-refractivity contribution in [3.8, 4) is 0 Å². The Morgan fingerprint density at radius 2 is 2.27 bits per heavy atom. The highest BCUT2D eigenvalue weighted by Gasteiger charge is 2.03. The van der Waals surface area contributed by atoms with Gasteiger partial charge >= 0.3 is 0 Å². The van der Waals surface area contributed by atoms with Crippen molar-refractivity contribution < 1.29 is 0 Å². The molecule has 0 atom stereocenters. The summed E-state index contributed by atoms with van der Waals surface area (Å²) in [5, 5.41) is 0. The molecule has 1 heterocycles. The Kier molecular flexibility index (Phi) is 3.09. The van der Waals surface area contributed by atoms with Crippen LogP contribution in [0.15, 0.2) is 28.9 Å². The van der Waals surface area contributed by atoms with E-state index in [-0.39, 0.29) is 0 Å². The van der Waals surface area contributed by atoms with Crippen molar-refractivity contribution in [2.75, 3.05) is 0 Å². The van der Waals surface area contributed by atoms with Gasteiger partial charge in [0.15, 0.2) is 0 Å². The molecule has 1 nitrogen and oxygen atoms in total. The molecule has 0 aromatic carbocycles. The molecular weight excluding hydrogens is 134 g/mol. The fraction of sp³-hybridized carbons (Fsp3) is 0.500. The van der Waals surface area contributed by atoms with Gasteiger partial charge in [0.1, 0.15) is 0 Å². The van der Waals surface area contributed by atoms with Crippen molar-refractivity contribution in [2.24, 2.45) is 4.99 Å². The van der Waals surface area contributed by atoms with E-state index in [2.05, 4.69) is 24.6 Å². The van der Waals surface area contributed by atoms with E-state index >= 15 is 0 Å². The Hall–Kier alpha value is -0.850. The molecule has 0 saturated heterocycles. The van der Waals surface area contributed by atoms with E-state index in [4.69, 9.17) is 0 Å². The molecule has 0 fully saturated rings. The highest BCUT2D eigenvalue weighted by Crippen LogP contribution is 2.19. The summed E-state index contributed by atoms with van der Waals surface area (Å²) in [6.07, 6.45) is 8.91. The summed E-state index contributed by atoms with van der Waals surface area (Å²) in [6.45, 7) is 6.06. The summed E-state index contributed by atoms with van der Waals surface area (Å²) in [5.41, 5.74) is 2.28. The van der Waals surface area contributed by atoms with Crippen molar-refractivity contribution in [1.29, 1.82) is 0 Å². The molecule has 1 heteroatoms. The van der Waals surface area contributed by atoms with Crippen molar-refractivity contribution in [1.82, 2.24) is 0 Å². The van der Waals surface area contributed by atoms with Crippen LogP contribution in [-0.2, 0) is 0 Å². The van der Waals surface area contributed by atoms with E-state index in [1.165, 1.54) is 24.8 Å². The molecule has 1 aliphatic heterocycles. The molecule has 1 aliphatic rings. The van der Waals surface area contributed by atoms with Crippen LogP contribution in [0.2, 0.25) is 0 Å². The van der Waals surface area contributed by atoms with E-state index in [0.717, 1.165) is 12.1 Å². The Morgan fingerprint density at radius 3 is 2.82 bits per heavy atom. The maximum atomic E-state index is 4.08. The van der Waals surface area contributed by atoms with E-state index in [0.29, 0.717) is 0 Å². The second-order valence-corrected chi connectivity index (χ2v) is 2.87. The molecule has 60 valence electrons. The first kappa shape index (κ1) is 8.25. The van der Waals surface area contributed by atoms with E-state index in [1.54, 1.807) is 0 Å². The highest BCUT2D eigenvalue weighted by molar-refractivity contribution is 5.79. The number of nitrogens with zero attached hydrogens (tertiary/aromatic N) is 1. The van der Waals surface area contributed by atoms with Crippen LogP contribution in [0.25, 0.3) is 0 Å². The minimum Gasteiger partial charge on any atom is -0.257 e. The lowest BCUT2D eigenvalue weighted by atomic mass is 10.1. The molecule has 0 radical (unpaired) electrons. The number of hydrogen-bond donors (Lipinski definition) is 0. The summed E-state index contributed by atoms with van der Waals surface area (Å²) < 4.78 is 0. The molecule has 0 spiro atoms. The summed E-state index contributed by atoms with van der Waals surface area (Å²) in [5.74, 6) is 0. The Balaban J connectivity index is 2.23. The number of allylic oxidation sites excluding steroid dienone is 2. The molecule has 0 saturated carbocycles. The lowest BCUT2D eigenvalue weighted by molar-refractivity contribution is 0.717. The number of hydrogen-bond acceptors (Lipinski definition) is 1. The van der Waals surface area contributed by atoms with E-state index < -0.39 is 0 Å². The summed E-state index contributed by atoms with van der Waals surface area (Å²) in [7, 11) is 0. The lowest BCUT2D eigenvalue weighted by Gasteiger charge is -2.00. The van der Waals surface area contributed by atoms with Crippen LogP contribution in [0, 0.1) is 0 Å². The monoisotopic (exact) mass is 149 g/mol. The summed E-state index contributed by atoms with van der Waals surface area (Å²) in [4.78, 5) is 4.08. The van der Waals surface area contributed by atoms with Crippen LogP contribution in [0.3, 0.4) is 0 Å². The van der Waals surface area contributed by atoms with Crippen LogP contribution in [-0.4, -0.2) is 6.21 Å². The largest absolute Gasteiger partial charge is 0.257 e. The quantitative estimate of drug-likeness (QED) is 0.545. The van der Waals surface area contributed by atoms with Crippen molar-refractivity contribution in [2.45, 2.75) is 32.6 Å². The van der Waals surface area contributed by atoms with Crippen molar-refractivity contribution in [3.63, 3.8) is 0 Å². The molecular formula is C10H15N. The van der Waals surface area contributed by atoms with Gasteiger partial charge in [-0.2, -0.15) is 0 Å². The number of rotatable bonds is 4. The topological polar surface area (TPSA) is 12.4 Å². The van der Waals surface area contributed by atoms with Gasteiger partial charge in [0, 0.05) is 6.21 Å². The van der Waals surface area contributed by atoms with Crippen LogP contribution in [0.5, 0.6) is 0 Å². The predicted octanol–water partition coefficient (Wildman–Crippen LogP) is 3.09. The maximum absolute atomic E-state index is 4.08. The van der Waals surface area contributed by atoms with Gasteiger partial charge in [0.2, 0.25) is 0 Å². The minimum atomic E-state index is 0.959. The highest BCUT2D eigenvalue weighted by atomic mass is 14.7. The van der Waals surface area contributed by atoms with Crippen LogP contribution in [0.1, 0.15) is 32.6 Å². The van der Waals surface area contributed by atoms with Gasteiger partial charge in [-0.05, 0) is 24.5 Å². The average molecular weight is 149 g/mol. The normalized spacial score (nSPS) is 15.7. The number of aliphatic imine (C=N–C) groups is 1. The minimum absolute atomic E-state index is 0.959. The van der Waals surface area contributed by atoms with Crippen LogP contribution in [0.4, 0.5) is 0 Å². The molecule has 0 aliphatic carbocycles. The lowest BCUT2D eigenvalue weighted by Crippen LogP contribution is -1.82. The maximum Gasteiger partial charge on any atom is 0.0590 e. The van der Waals surface area contributed by atoms with Gasteiger partial charge in [-0.25, -0.2) is 0 Å². The van der Waals surface area contributed by atoms with Gasteiger partial charge in [-0.15, -0.1) is 0 Å². The molecule has 0 aromatic rings. The molecule has 11 heavy (non-hydrogen) atoms. The van der Waals surface area contributed by atoms with Gasteiger partial charge in [-0.3, -0.25) is 4.99 Å².